The molecule has 5 nitrogen and oxygen atoms in total. The number of nitrogens with one attached hydrogen (secondary N) is 1. The molecule has 0 radical (unpaired) electrons. The van der Waals surface area contributed by atoms with Crippen molar-refractivity contribution in [1.82, 2.24) is 15.1 Å². The summed E-state index contributed by atoms with van der Waals surface area (Å²) in [7, 11) is 0. The number of primary amides is 1. The molecule has 1 rings (SSSR count). The van der Waals surface area contributed by atoms with Crippen molar-refractivity contribution in [3.63, 3.8) is 0 Å². The maximum Gasteiger partial charge on any atom is 0.237 e. The Kier molecular flexibility index (Phi) is 4.98. The van der Waals surface area contributed by atoms with E-state index in [9.17, 15) is 4.79 Å². The summed E-state index contributed by atoms with van der Waals surface area (Å²) in [6.45, 7) is 10.3. The van der Waals surface area contributed by atoms with Crippen LogP contribution in [0.2, 0.25) is 5.02 Å². The number of carbonyl (C=O) groups is 1. The predicted molar refractivity (Wildman–Crippen MR) is 77.3 cm³/mol. The van der Waals surface area contributed by atoms with Gasteiger partial charge < -0.3 is 11.1 Å². The Labute approximate surface area is 119 Å². The van der Waals surface area contributed by atoms with Crippen molar-refractivity contribution in [3.05, 3.63) is 16.4 Å². The van der Waals surface area contributed by atoms with Gasteiger partial charge in [0.2, 0.25) is 5.91 Å². The normalized spacial score (nSPS) is 16.1. The predicted octanol–water partition coefficient (Wildman–Crippen LogP) is 1.96. The molecule has 0 spiro atoms. The first-order valence-electron chi connectivity index (χ1n) is 6.49. The molecule has 1 aromatic heterocycles. The van der Waals surface area contributed by atoms with Crippen molar-refractivity contribution < 1.29 is 4.79 Å². The Morgan fingerprint density at radius 1 is 1.58 bits per heavy atom. The number of carbonyl (C=O) groups excluding carboxylic acids is 1. The van der Waals surface area contributed by atoms with E-state index < -0.39 is 5.54 Å². The SMILES string of the molecule is CCNC(C)(CC(C)n1nc(C)c(Cl)c1C)C(N)=O. The molecular formula is C13H23ClN4O. The molecule has 1 heterocycles. The Hall–Kier alpha value is -1.07. The third-order valence-corrected chi connectivity index (χ3v) is 4.02. The molecule has 6 heteroatoms. The summed E-state index contributed by atoms with van der Waals surface area (Å²) < 4.78 is 1.86. The highest BCUT2D eigenvalue weighted by Crippen LogP contribution is 2.26. The second-order valence-corrected chi connectivity index (χ2v) is 5.59. The van der Waals surface area contributed by atoms with Gasteiger partial charge in [-0.05, 0) is 40.7 Å². The van der Waals surface area contributed by atoms with Crippen LogP contribution in [0.1, 0.15) is 44.6 Å². The van der Waals surface area contributed by atoms with Crippen molar-refractivity contribution in [2.24, 2.45) is 5.73 Å². The van der Waals surface area contributed by atoms with Crippen molar-refractivity contribution in [1.29, 1.82) is 0 Å². The fourth-order valence-corrected chi connectivity index (χ4v) is 2.52. The number of likely N-dealkylation sites (N-methyl/N-ethyl adjacent to an activating group) is 1. The number of nitrogens with two attached hydrogens (primary N) is 1. The van der Waals surface area contributed by atoms with E-state index in [4.69, 9.17) is 17.3 Å². The summed E-state index contributed by atoms with van der Waals surface area (Å²) in [4.78, 5) is 11.6. The maximum absolute atomic E-state index is 11.6. The Balaban J connectivity index is 2.97. The van der Waals surface area contributed by atoms with Crippen molar-refractivity contribution >= 4 is 17.5 Å². The average molecular weight is 287 g/mol. The molecule has 1 amide bonds. The van der Waals surface area contributed by atoms with E-state index in [0.717, 1.165) is 11.4 Å². The molecule has 2 unspecified atom stereocenters. The lowest BCUT2D eigenvalue weighted by molar-refractivity contribution is -0.124. The van der Waals surface area contributed by atoms with Crippen LogP contribution in [0, 0.1) is 13.8 Å². The first-order chi connectivity index (χ1) is 8.73. The zero-order valence-electron chi connectivity index (χ0n) is 12.2. The quantitative estimate of drug-likeness (QED) is 0.839. The van der Waals surface area contributed by atoms with Crippen LogP contribution in [0.15, 0.2) is 0 Å². The van der Waals surface area contributed by atoms with E-state index >= 15 is 0 Å². The highest BCUT2D eigenvalue weighted by molar-refractivity contribution is 6.31. The number of aryl methyl sites for hydroxylation is 1. The summed E-state index contributed by atoms with van der Waals surface area (Å²) in [6.07, 6.45) is 0.564. The summed E-state index contributed by atoms with van der Waals surface area (Å²) in [5.74, 6) is -0.353. The average Bonchev–Trinajstić information content (AvgIpc) is 2.57. The smallest absolute Gasteiger partial charge is 0.237 e. The molecule has 0 fully saturated rings. The minimum absolute atomic E-state index is 0.0303. The molecule has 108 valence electrons. The Morgan fingerprint density at radius 2 is 2.16 bits per heavy atom. The van der Waals surface area contributed by atoms with Crippen LogP contribution in [0.5, 0.6) is 0 Å². The van der Waals surface area contributed by atoms with Gasteiger partial charge in [-0.15, -0.1) is 0 Å². The third-order valence-electron chi connectivity index (χ3n) is 3.47. The molecule has 19 heavy (non-hydrogen) atoms. The Morgan fingerprint density at radius 3 is 2.53 bits per heavy atom. The standard InChI is InChI=1S/C13H23ClN4O/c1-6-16-13(5,12(15)19)7-8(2)18-10(4)11(14)9(3)17-18/h8,16H,6-7H2,1-5H3,(H2,15,19). The number of rotatable bonds is 6. The first kappa shape index (κ1) is 16.0. The molecule has 0 aliphatic rings. The van der Waals surface area contributed by atoms with Gasteiger partial charge in [0.1, 0.15) is 0 Å². The van der Waals surface area contributed by atoms with Gasteiger partial charge in [-0.1, -0.05) is 18.5 Å². The number of nitrogens with zero attached hydrogens (tertiary/aromatic N) is 2. The van der Waals surface area contributed by atoms with Crippen molar-refractivity contribution in [2.45, 2.75) is 52.6 Å². The second-order valence-electron chi connectivity index (χ2n) is 5.21. The van der Waals surface area contributed by atoms with Gasteiger partial charge in [0.15, 0.2) is 0 Å². The molecule has 0 aromatic carbocycles. The second kappa shape index (κ2) is 5.92. The first-order valence-corrected chi connectivity index (χ1v) is 6.86. The number of halogens is 1. The van der Waals surface area contributed by atoms with Gasteiger partial charge >= 0.3 is 0 Å². The van der Waals surface area contributed by atoms with Crippen LogP contribution < -0.4 is 11.1 Å². The van der Waals surface area contributed by atoms with E-state index in [1.54, 1.807) is 0 Å². The molecule has 0 saturated carbocycles. The van der Waals surface area contributed by atoms with E-state index in [1.807, 2.05) is 39.3 Å². The molecule has 1 aromatic rings. The zero-order valence-corrected chi connectivity index (χ0v) is 13.0. The lowest BCUT2D eigenvalue weighted by Crippen LogP contribution is -2.54. The number of hydrogen-bond donors (Lipinski definition) is 2. The molecule has 3 N–H and O–H groups in total. The lowest BCUT2D eigenvalue weighted by atomic mass is 9.92. The van der Waals surface area contributed by atoms with Crippen LogP contribution in [0.4, 0.5) is 0 Å². The molecular weight excluding hydrogens is 264 g/mol. The minimum Gasteiger partial charge on any atom is -0.368 e. The molecule has 0 bridgehead atoms. The van der Waals surface area contributed by atoms with Crippen LogP contribution >= 0.6 is 11.6 Å². The summed E-state index contributed by atoms with van der Waals surface area (Å²) in [5.41, 5.74) is 6.47. The molecule has 2 atom stereocenters. The fraction of sp³-hybridized carbons (Fsp3) is 0.692. The monoisotopic (exact) mass is 286 g/mol. The third kappa shape index (κ3) is 3.28. The molecule has 0 aliphatic carbocycles. The lowest BCUT2D eigenvalue weighted by Gasteiger charge is -2.30. The van der Waals surface area contributed by atoms with Crippen LogP contribution in [-0.4, -0.2) is 27.8 Å². The van der Waals surface area contributed by atoms with Crippen LogP contribution in [0.3, 0.4) is 0 Å². The van der Waals surface area contributed by atoms with Gasteiger partial charge in [-0.2, -0.15) is 5.10 Å². The maximum atomic E-state index is 11.6. The van der Waals surface area contributed by atoms with Crippen molar-refractivity contribution in [3.8, 4) is 0 Å². The van der Waals surface area contributed by atoms with Gasteiger partial charge in [-0.3, -0.25) is 9.48 Å². The molecule has 0 aliphatic heterocycles. The molecule has 0 saturated heterocycles. The van der Waals surface area contributed by atoms with Gasteiger partial charge in [0.25, 0.3) is 0 Å². The van der Waals surface area contributed by atoms with Gasteiger partial charge in [-0.25, -0.2) is 0 Å². The van der Waals surface area contributed by atoms with E-state index in [2.05, 4.69) is 10.4 Å². The highest BCUT2D eigenvalue weighted by atomic mass is 35.5. The summed E-state index contributed by atoms with van der Waals surface area (Å²) in [5, 5.41) is 8.25. The number of amides is 1. The van der Waals surface area contributed by atoms with Crippen LogP contribution in [0.25, 0.3) is 0 Å². The largest absolute Gasteiger partial charge is 0.368 e. The van der Waals surface area contributed by atoms with Gasteiger partial charge in [0.05, 0.1) is 28.0 Å². The van der Waals surface area contributed by atoms with E-state index in [0.29, 0.717) is 18.0 Å². The van der Waals surface area contributed by atoms with Gasteiger partial charge in [0, 0.05) is 0 Å². The summed E-state index contributed by atoms with van der Waals surface area (Å²) in [6, 6.07) is 0.0303. The topological polar surface area (TPSA) is 72.9 Å². The zero-order chi connectivity index (χ0) is 14.8. The van der Waals surface area contributed by atoms with Crippen molar-refractivity contribution in [2.75, 3.05) is 6.54 Å². The highest BCUT2D eigenvalue weighted by Gasteiger charge is 2.33. The number of aromatic nitrogens is 2. The summed E-state index contributed by atoms with van der Waals surface area (Å²) >= 11 is 6.15. The fourth-order valence-electron chi connectivity index (χ4n) is 2.40. The minimum atomic E-state index is -0.743. The van der Waals surface area contributed by atoms with E-state index in [-0.39, 0.29) is 11.9 Å². The number of hydrogen-bond acceptors (Lipinski definition) is 3. The Bertz CT molecular complexity index is 471. The van der Waals surface area contributed by atoms with E-state index in [1.165, 1.54) is 0 Å². The van der Waals surface area contributed by atoms with Crippen LogP contribution in [-0.2, 0) is 4.79 Å².